The fraction of sp³-hybridized carbons (Fsp3) is 0.955. The molecular formula is C44H86O4. The normalized spacial score (nSPS) is 11.8. The molecule has 0 fully saturated rings. The molecule has 0 N–H and O–H groups in total. The van der Waals surface area contributed by atoms with Gasteiger partial charge in [0.15, 0.2) is 0 Å². The number of unbranched alkanes of at least 4 members (excludes halogenated alkanes) is 16. The molecule has 286 valence electrons. The highest BCUT2D eigenvalue weighted by atomic mass is 16.5. The predicted octanol–water partition coefficient (Wildman–Crippen LogP) is 14.4. The molecule has 0 unspecified atom stereocenters. The summed E-state index contributed by atoms with van der Waals surface area (Å²) in [5, 5.41) is 0. The van der Waals surface area contributed by atoms with Gasteiger partial charge >= 0.3 is 11.9 Å². The summed E-state index contributed by atoms with van der Waals surface area (Å²) in [6.45, 7) is 15.1. The van der Waals surface area contributed by atoms with Crippen LogP contribution in [0, 0.1) is 23.7 Å². The van der Waals surface area contributed by atoms with Crippen LogP contribution < -0.4 is 0 Å². The van der Waals surface area contributed by atoms with Crippen LogP contribution in [0.2, 0.25) is 0 Å². The van der Waals surface area contributed by atoms with Crippen molar-refractivity contribution in [2.75, 3.05) is 13.2 Å². The zero-order chi connectivity index (χ0) is 35.5. The maximum absolute atomic E-state index is 12.4. The summed E-state index contributed by atoms with van der Waals surface area (Å²) >= 11 is 0. The molecule has 0 aromatic carbocycles. The van der Waals surface area contributed by atoms with Gasteiger partial charge < -0.3 is 9.47 Å². The lowest BCUT2D eigenvalue weighted by Crippen LogP contribution is -2.14. The number of rotatable bonds is 37. The summed E-state index contributed by atoms with van der Waals surface area (Å²) in [7, 11) is 0. The van der Waals surface area contributed by atoms with Crippen molar-refractivity contribution in [2.24, 2.45) is 23.7 Å². The van der Waals surface area contributed by atoms with E-state index in [0.29, 0.717) is 37.9 Å². The molecule has 0 spiro atoms. The zero-order valence-corrected chi connectivity index (χ0v) is 33.6. The number of ether oxygens (including phenoxy) is 2. The van der Waals surface area contributed by atoms with E-state index in [1.165, 1.54) is 154 Å². The quantitative estimate of drug-likeness (QED) is 0.0485. The van der Waals surface area contributed by atoms with Crippen LogP contribution in [-0.4, -0.2) is 25.2 Å². The lowest BCUT2D eigenvalue weighted by atomic mass is 9.85. The highest BCUT2D eigenvalue weighted by Gasteiger charge is 2.15. The first-order chi connectivity index (χ1) is 23.4. The number of hydrogen-bond acceptors (Lipinski definition) is 4. The molecule has 0 rings (SSSR count). The Balaban J connectivity index is 3.95. The minimum Gasteiger partial charge on any atom is -0.465 e. The highest BCUT2D eigenvalue weighted by molar-refractivity contribution is 5.69. The van der Waals surface area contributed by atoms with Crippen LogP contribution in [0.25, 0.3) is 0 Å². The average Bonchev–Trinajstić information content (AvgIpc) is 3.07. The van der Waals surface area contributed by atoms with Crippen molar-refractivity contribution in [3.8, 4) is 0 Å². The van der Waals surface area contributed by atoms with Crippen molar-refractivity contribution in [3.05, 3.63) is 0 Å². The maximum Gasteiger partial charge on any atom is 0.305 e. The molecule has 0 saturated carbocycles. The van der Waals surface area contributed by atoms with Crippen molar-refractivity contribution in [1.29, 1.82) is 0 Å². The van der Waals surface area contributed by atoms with Gasteiger partial charge in [-0.25, -0.2) is 0 Å². The fourth-order valence-electron chi connectivity index (χ4n) is 7.14. The molecule has 48 heavy (non-hydrogen) atoms. The summed E-state index contributed by atoms with van der Waals surface area (Å²) < 4.78 is 11.4. The molecule has 0 amide bonds. The molecule has 4 nitrogen and oxygen atoms in total. The van der Waals surface area contributed by atoms with Gasteiger partial charge in [-0.05, 0) is 62.2 Å². The Hall–Kier alpha value is -1.06. The van der Waals surface area contributed by atoms with Gasteiger partial charge in [0.2, 0.25) is 0 Å². The minimum atomic E-state index is 0.0188. The second kappa shape index (κ2) is 35.8. The molecule has 0 aliphatic heterocycles. The molecule has 0 bridgehead atoms. The standard InChI is InChI=1S/C44H86O4/c1-7-11-21-29-40(30-22-12-8-2)37-47-43(45)35-27-19-15-17-25-33-42(39(5)6)34-26-18-16-20-28-36-44(46)48-38-41(31-23-13-9-3)32-24-14-10-4/h39-42H,7-38H2,1-6H3. The van der Waals surface area contributed by atoms with E-state index < -0.39 is 0 Å². The molecule has 0 aliphatic carbocycles. The van der Waals surface area contributed by atoms with E-state index in [9.17, 15) is 9.59 Å². The van der Waals surface area contributed by atoms with E-state index >= 15 is 0 Å². The topological polar surface area (TPSA) is 52.6 Å². The third-order valence-corrected chi connectivity index (χ3v) is 10.7. The molecular weight excluding hydrogens is 592 g/mol. The first kappa shape index (κ1) is 46.9. The van der Waals surface area contributed by atoms with Gasteiger partial charge in [-0.3, -0.25) is 9.59 Å². The van der Waals surface area contributed by atoms with Crippen LogP contribution in [-0.2, 0) is 19.1 Å². The molecule has 0 atom stereocenters. The number of esters is 2. The highest BCUT2D eigenvalue weighted by Crippen LogP contribution is 2.26. The number of carbonyl (C=O) groups is 2. The van der Waals surface area contributed by atoms with Crippen molar-refractivity contribution in [3.63, 3.8) is 0 Å². The van der Waals surface area contributed by atoms with Crippen molar-refractivity contribution in [1.82, 2.24) is 0 Å². The predicted molar refractivity (Wildman–Crippen MR) is 208 cm³/mol. The Morgan fingerprint density at radius 3 is 1.00 bits per heavy atom. The van der Waals surface area contributed by atoms with Gasteiger partial charge in [0.1, 0.15) is 0 Å². The molecule has 0 heterocycles. The molecule has 0 aromatic rings. The maximum atomic E-state index is 12.4. The van der Waals surface area contributed by atoms with E-state index in [1.54, 1.807) is 0 Å². The first-order valence-electron chi connectivity index (χ1n) is 21.7. The van der Waals surface area contributed by atoms with E-state index in [4.69, 9.17) is 9.47 Å². The number of hydrogen-bond donors (Lipinski definition) is 0. The molecule has 4 heteroatoms. The fourth-order valence-corrected chi connectivity index (χ4v) is 7.14. The summed E-state index contributed by atoms with van der Waals surface area (Å²) in [6, 6.07) is 0. The van der Waals surface area contributed by atoms with Gasteiger partial charge in [-0.2, -0.15) is 0 Å². The monoisotopic (exact) mass is 679 g/mol. The third-order valence-electron chi connectivity index (χ3n) is 10.7. The Bertz CT molecular complexity index is 615. The van der Waals surface area contributed by atoms with Gasteiger partial charge in [0.25, 0.3) is 0 Å². The minimum absolute atomic E-state index is 0.0188. The second-order valence-corrected chi connectivity index (χ2v) is 15.7. The van der Waals surface area contributed by atoms with Crippen molar-refractivity contribution >= 4 is 11.9 Å². The molecule has 0 saturated heterocycles. The first-order valence-corrected chi connectivity index (χ1v) is 21.7. The molecule has 0 aromatic heterocycles. The van der Waals surface area contributed by atoms with Gasteiger partial charge in [-0.1, -0.05) is 183 Å². The van der Waals surface area contributed by atoms with Crippen LogP contribution in [0.5, 0.6) is 0 Å². The summed E-state index contributed by atoms with van der Waals surface area (Å²) in [5.41, 5.74) is 0. The summed E-state index contributed by atoms with van der Waals surface area (Å²) in [6.07, 6.45) is 35.8. The molecule has 0 radical (unpaired) electrons. The second-order valence-electron chi connectivity index (χ2n) is 15.7. The summed E-state index contributed by atoms with van der Waals surface area (Å²) in [5.74, 6) is 2.71. The Morgan fingerprint density at radius 1 is 0.396 bits per heavy atom. The Morgan fingerprint density at radius 2 is 0.688 bits per heavy atom. The Labute approximate surface area is 301 Å². The van der Waals surface area contributed by atoms with E-state index in [-0.39, 0.29) is 11.9 Å². The number of carbonyl (C=O) groups excluding carboxylic acids is 2. The van der Waals surface area contributed by atoms with E-state index in [1.807, 2.05) is 0 Å². The SMILES string of the molecule is CCCCCC(CCCCC)COC(=O)CCCCCCCC(CCCCCCCC(=O)OCC(CCCCC)CCCCC)C(C)C. The van der Waals surface area contributed by atoms with Crippen LogP contribution in [0.1, 0.15) is 234 Å². The third kappa shape index (κ3) is 31.0. The smallest absolute Gasteiger partial charge is 0.305 e. The Kier molecular flexibility index (Phi) is 35.0. The van der Waals surface area contributed by atoms with Crippen LogP contribution in [0.15, 0.2) is 0 Å². The van der Waals surface area contributed by atoms with Gasteiger partial charge in [-0.15, -0.1) is 0 Å². The van der Waals surface area contributed by atoms with Crippen LogP contribution in [0.3, 0.4) is 0 Å². The lowest BCUT2D eigenvalue weighted by molar-refractivity contribution is -0.146. The van der Waals surface area contributed by atoms with Crippen LogP contribution >= 0.6 is 0 Å². The zero-order valence-electron chi connectivity index (χ0n) is 33.6. The van der Waals surface area contributed by atoms with Gasteiger partial charge in [0, 0.05) is 12.8 Å². The van der Waals surface area contributed by atoms with Crippen molar-refractivity contribution < 1.29 is 19.1 Å². The molecule has 0 aliphatic rings. The van der Waals surface area contributed by atoms with E-state index in [2.05, 4.69) is 41.5 Å². The summed E-state index contributed by atoms with van der Waals surface area (Å²) in [4.78, 5) is 24.7. The van der Waals surface area contributed by atoms with Crippen molar-refractivity contribution in [2.45, 2.75) is 234 Å². The van der Waals surface area contributed by atoms with Crippen LogP contribution in [0.4, 0.5) is 0 Å². The average molecular weight is 679 g/mol. The lowest BCUT2D eigenvalue weighted by Gasteiger charge is -2.21. The van der Waals surface area contributed by atoms with Gasteiger partial charge in [0.05, 0.1) is 13.2 Å². The van der Waals surface area contributed by atoms with E-state index in [0.717, 1.165) is 37.5 Å². The largest absolute Gasteiger partial charge is 0.465 e.